The van der Waals surface area contributed by atoms with E-state index in [4.69, 9.17) is 0 Å². The molecule has 1 aromatic heterocycles. The summed E-state index contributed by atoms with van der Waals surface area (Å²) in [7, 11) is -1.69. The van der Waals surface area contributed by atoms with E-state index in [2.05, 4.69) is 10.4 Å². The summed E-state index contributed by atoms with van der Waals surface area (Å²) < 4.78 is 27.9. The van der Waals surface area contributed by atoms with Gasteiger partial charge in [0.2, 0.25) is 10.0 Å². The molecule has 6 nitrogen and oxygen atoms in total. The van der Waals surface area contributed by atoms with Crippen LogP contribution in [0.2, 0.25) is 0 Å². The zero-order valence-corrected chi connectivity index (χ0v) is 10.9. The van der Waals surface area contributed by atoms with E-state index in [0.717, 1.165) is 19.5 Å². The van der Waals surface area contributed by atoms with Crippen LogP contribution < -0.4 is 5.32 Å². The summed E-state index contributed by atoms with van der Waals surface area (Å²) in [4.78, 5) is 0.272. The number of aryl methyl sites for hydroxylation is 1. The molecule has 1 saturated heterocycles. The molecule has 1 fully saturated rings. The Morgan fingerprint density at radius 1 is 1.65 bits per heavy atom. The molecule has 0 aliphatic carbocycles. The number of sulfonamides is 1. The van der Waals surface area contributed by atoms with Crippen molar-refractivity contribution in [3.05, 3.63) is 12.4 Å². The van der Waals surface area contributed by atoms with Crippen LogP contribution in [-0.2, 0) is 17.1 Å². The van der Waals surface area contributed by atoms with Crippen LogP contribution in [0.4, 0.5) is 0 Å². The standard InChI is InChI=1S/C10H18N4O2S/c1-3-14(9-4-5-11-6-9)17(15,16)10-7-12-13(2)8-10/h7-9,11H,3-6H2,1-2H3. The lowest BCUT2D eigenvalue weighted by molar-refractivity contribution is 0.349. The van der Waals surface area contributed by atoms with Gasteiger partial charge in [0.15, 0.2) is 0 Å². The minimum Gasteiger partial charge on any atom is -0.315 e. The lowest BCUT2D eigenvalue weighted by Crippen LogP contribution is -2.41. The maximum atomic E-state index is 12.4. The van der Waals surface area contributed by atoms with Crippen molar-refractivity contribution in [2.24, 2.45) is 7.05 Å². The number of aromatic nitrogens is 2. The molecule has 0 radical (unpaired) electrons. The molecule has 2 rings (SSSR count). The largest absolute Gasteiger partial charge is 0.315 e. The molecule has 1 unspecified atom stereocenters. The first-order valence-corrected chi connectivity index (χ1v) is 7.21. The van der Waals surface area contributed by atoms with Crippen molar-refractivity contribution in [2.45, 2.75) is 24.3 Å². The summed E-state index contributed by atoms with van der Waals surface area (Å²) in [5, 5.41) is 7.11. The van der Waals surface area contributed by atoms with Gasteiger partial charge in [0.25, 0.3) is 0 Å². The van der Waals surface area contributed by atoms with E-state index in [0.29, 0.717) is 6.54 Å². The highest BCUT2D eigenvalue weighted by Gasteiger charge is 2.32. The van der Waals surface area contributed by atoms with E-state index < -0.39 is 10.0 Å². The van der Waals surface area contributed by atoms with Gasteiger partial charge in [0.05, 0.1) is 6.20 Å². The van der Waals surface area contributed by atoms with Gasteiger partial charge in [-0.2, -0.15) is 9.40 Å². The van der Waals surface area contributed by atoms with Crippen LogP contribution in [0.3, 0.4) is 0 Å². The second kappa shape index (κ2) is 4.75. The fraction of sp³-hybridized carbons (Fsp3) is 0.700. The fourth-order valence-electron chi connectivity index (χ4n) is 2.18. The molecule has 0 spiro atoms. The van der Waals surface area contributed by atoms with E-state index in [1.807, 2.05) is 6.92 Å². The van der Waals surface area contributed by atoms with Gasteiger partial charge < -0.3 is 5.32 Å². The van der Waals surface area contributed by atoms with Gasteiger partial charge >= 0.3 is 0 Å². The molecule has 0 amide bonds. The van der Waals surface area contributed by atoms with Gasteiger partial charge in [-0.1, -0.05) is 6.92 Å². The van der Waals surface area contributed by atoms with Crippen LogP contribution >= 0.6 is 0 Å². The van der Waals surface area contributed by atoms with Crippen molar-refractivity contribution >= 4 is 10.0 Å². The number of hydrogen-bond acceptors (Lipinski definition) is 4. The van der Waals surface area contributed by atoms with E-state index in [-0.39, 0.29) is 10.9 Å². The zero-order chi connectivity index (χ0) is 12.5. The highest BCUT2D eigenvalue weighted by Crippen LogP contribution is 2.20. The van der Waals surface area contributed by atoms with Crippen LogP contribution in [-0.4, -0.2) is 48.2 Å². The summed E-state index contributed by atoms with van der Waals surface area (Å²) in [6.45, 7) is 3.97. The fourth-order valence-corrected chi connectivity index (χ4v) is 3.83. The van der Waals surface area contributed by atoms with Gasteiger partial charge in [-0.05, 0) is 13.0 Å². The summed E-state index contributed by atoms with van der Waals surface area (Å²) in [5.41, 5.74) is 0. The Labute approximate surface area is 102 Å². The van der Waals surface area contributed by atoms with Gasteiger partial charge in [-0.25, -0.2) is 8.42 Å². The monoisotopic (exact) mass is 258 g/mol. The lowest BCUT2D eigenvalue weighted by atomic mass is 10.3. The average Bonchev–Trinajstić information content (AvgIpc) is 2.89. The lowest BCUT2D eigenvalue weighted by Gasteiger charge is -2.25. The maximum Gasteiger partial charge on any atom is 0.246 e. The van der Waals surface area contributed by atoms with Crippen molar-refractivity contribution in [2.75, 3.05) is 19.6 Å². The second-order valence-electron chi connectivity index (χ2n) is 4.20. The molecule has 2 heterocycles. The molecule has 96 valence electrons. The van der Waals surface area contributed by atoms with Gasteiger partial charge in [0.1, 0.15) is 4.90 Å². The Hall–Kier alpha value is -0.920. The molecule has 7 heteroatoms. The van der Waals surface area contributed by atoms with Crippen molar-refractivity contribution in [1.29, 1.82) is 0 Å². The molecular formula is C10H18N4O2S. The molecule has 1 aromatic rings. The maximum absolute atomic E-state index is 12.4. The first kappa shape index (κ1) is 12.5. The van der Waals surface area contributed by atoms with Crippen LogP contribution in [0.15, 0.2) is 17.3 Å². The first-order chi connectivity index (χ1) is 8.05. The predicted molar refractivity (Wildman–Crippen MR) is 64.0 cm³/mol. The normalized spacial score (nSPS) is 21.2. The summed E-state index contributed by atoms with van der Waals surface area (Å²) in [6.07, 6.45) is 3.81. The van der Waals surface area contributed by atoms with Crippen LogP contribution in [0.25, 0.3) is 0 Å². The van der Waals surface area contributed by atoms with E-state index in [9.17, 15) is 8.42 Å². The number of hydrogen-bond donors (Lipinski definition) is 1. The SMILES string of the molecule is CCN(C1CCNC1)S(=O)(=O)c1cnn(C)c1. The molecule has 1 aliphatic rings. The van der Waals surface area contributed by atoms with Gasteiger partial charge in [-0.3, -0.25) is 4.68 Å². The first-order valence-electron chi connectivity index (χ1n) is 5.77. The third kappa shape index (κ3) is 2.36. The molecule has 0 saturated carbocycles. The Bertz CT molecular complexity index is 476. The van der Waals surface area contributed by atoms with Crippen molar-refractivity contribution < 1.29 is 8.42 Å². The Balaban J connectivity index is 2.29. The molecule has 1 aliphatic heterocycles. The number of nitrogens with zero attached hydrogens (tertiary/aromatic N) is 3. The van der Waals surface area contributed by atoms with Crippen molar-refractivity contribution in [1.82, 2.24) is 19.4 Å². The smallest absolute Gasteiger partial charge is 0.246 e. The minimum absolute atomic E-state index is 0.0604. The van der Waals surface area contributed by atoms with E-state index in [1.165, 1.54) is 10.9 Å². The highest BCUT2D eigenvalue weighted by atomic mass is 32.2. The highest BCUT2D eigenvalue weighted by molar-refractivity contribution is 7.89. The molecule has 0 bridgehead atoms. The quantitative estimate of drug-likeness (QED) is 0.811. The van der Waals surface area contributed by atoms with Gasteiger partial charge in [-0.15, -0.1) is 0 Å². The topological polar surface area (TPSA) is 67.2 Å². The molecule has 1 N–H and O–H groups in total. The Morgan fingerprint density at radius 3 is 2.88 bits per heavy atom. The van der Waals surface area contributed by atoms with Crippen LogP contribution in [0, 0.1) is 0 Å². The van der Waals surface area contributed by atoms with Crippen LogP contribution in [0.5, 0.6) is 0 Å². The minimum atomic E-state index is -3.40. The Kier molecular flexibility index (Phi) is 3.50. The van der Waals surface area contributed by atoms with Gasteiger partial charge in [0, 0.05) is 32.4 Å². The zero-order valence-electron chi connectivity index (χ0n) is 10.1. The summed E-state index contributed by atoms with van der Waals surface area (Å²) in [6, 6.07) is 0.0604. The van der Waals surface area contributed by atoms with E-state index in [1.54, 1.807) is 17.5 Å². The molecular weight excluding hydrogens is 240 g/mol. The number of rotatable bonds is 4. The molecule has 17 heavy (non-hydrogen) atoms. The molecule has 1 atom stereocenters. The number of likely N-dealkylation sites (N-methyl/N-ethyl adjacent to an activating group) is 1. The predicted octanol–water partition coefficient (Wildman–Crippen LogP) is -0.207. The Morgan fingerprint density at radius 2 is 2.41 bits per heavy atom. The third-order valence-electron chi connectivity index (χ3n) is 3.04. The summed E-state index contributed by atoms with van der Waals surface area (Å²) >= 11 is 0. The number of nitrogens with one attached hydrogen (secondary N) is 1. The second-order valence-corrected chi connectivity index (χ2v) is 6.10. The average molecular weight is 258 g/mol. The van der Waals surface area contributed by atoms with Crippen molar-refractivity contribution in [3.8, 4) is 0 Å². The molecule has 0 aromatic carbocycles. The van der Waals surface area contributed by atoms with E-state index >= 15 is 0 Å². The van der Waals surface area contributed by atoms with Crippen LogP contribution in [0.1, 0.15) is 13.3 Å². The van der Waals surface area contributed by atoms with Crippen molar-refractivity contribution in [3.63, 3.8) is 0 Å². The third-order valence-corrected chi connectivity index (χ3v) is 5.02. The summed E-state index contributed by atoms with van der Waals surface area (Å²) in [5.74, 6) is 0.